The summed E-state index contributed by atoms with van der Waals surface area (Å²) < 4.78 is 22.7. The number of ether oxygens (including phenoxy) is 3. The summed E-state index contributed by atoms with van der Waals surface area (Å²) in [5.74, 6) is -0.534. The number of carbonyl (C=O) groups excluding carboxylic acids is 3. The van der Waals surface area contributed by atoms with E-state index in [1.807, 2.05) is 19.1 Å². The van der Waals surface area contributed by atoms with Crippen LogP contribution in [-0.2, 0) is 19.1 Å². The largest absolute Gasteiger partial charge is 0.467 e. The number of benzene rings is 1. The molecule has 2 aromatic rings. The van der Waals surface area contributed by atoms with Gasteiger partial charge in [-0.3, -0.25) is 14.4 Å². The summed E-state index contributed by atoms with van der Waals surface area (Å²) >= 11 is 0. The van der Waals surface area contributed by atoms with Gasteiger partial charge in [0.1, 0.15) is 17.1 Å². The van der Waals surface area contributed by atoms with E-state index in [4.69, 9.17) is 18.6 Å². The maximum Gasteiger partial charge on any atom is 0.231 e. The Hall–Kier alpha value is -3.59. The molecule has 5 aliphatic rings. The number of amides is 2. The Morgan fingerprint density at radius 3 is 2.85 bits per heavy atom. The van der Waals surface area contributed by atoms with Gasteiger partial charge < -0.3 is 28.8 Å². The van der Waals surface area contributed by atoms with Gasteiger partial charge in [0.25, 0.3) is 0 Å². The molecule has 3 saturated heterocycles. The second-order valence-corrected chi connectivity index (χ2v) is 9.54. The van der Waals surface area contributed by atoms with Crippen LogP contribution in [0.2, 0.25) is 0 Å². The van der Waals surface area contributed by atoms with E-state index in [9.17, 15) is 14.4 Å². The first kappa shape index (κ1) is 19.8. The van der Waals surface area contributed by atoms with Crippen LogP contribution in [-0.4, -0.2) is 47.0 Å². The van der Waals surface area contributed by atoms with Gasteiger partial charge >= 0.3 is 0 Å². The molecule has 174 valence electrons. The molecule has 0 saturated carbocycles. The van der Waals surface area contributed by atoms with Crippen LogP contribution in [0.4, 0.5) is 5.69 Å². The lowest BCUT2D eigenvalue weighted by molar-refractivity contribution is -0.147. The zero-order chi connectivity index (χ0) is 23.2. The summed E-state index contributed by atoms with van der Waals surface area (Å²) in [5, 5.41) is 2.92. The van der Waals surface area contributed by atoms with Crippen LogP contribution in [0.25, 0.3) is 0 Å². The molecule has 9 heteroatoms. The number of Topliss-reactive ketones (excluding diaryl/α,β-unsaturated/α-hetero) is 1. The smallest absolute Gasteiger partial charge is 0.231 e. The SMILES string of the molecule is C[C@H]1C(=O)C[C@H](c2ccco2)N2C(=O)[C@@H]3[C@@H](C(=O)Nc4ccc5c(c4)OCO5)[C@H]4C=C[C@@]3(O4)[C@@H]12. The van der Waals surface area contributed by atoms with Gasteiger partial charge in [-0.2, -0.15) is 0 Å². The molecule has 1 N–H and O–H groups in total. The molecule has 0 unspecified atom stereocenters. The Morgan fingerprint density at radius 1 is 1.18 bits per heavy atom. The minimum Gasteiger partial charge on any atom is -0.467 e. The summed E-state index contributed by atoms with van der Waals surface area (Å²) in [6.45, 7) is 1.98. The van der Waals surface area contributed by atoms with Crippen molar-refractivity contribution in [3.8, 4) is 11.5 Å². The zero-order valence-corrected chi connectivity index (χ0v) is 18.3. The lowest BCUT2D eigenvalue weighted by Gasteiger charge is -2.43. The summed E-state index contributed by atoms with van der Waals surface area (Å²) in [6.07, 6.45) is 4.93. The molecule has 9 nitrogen and oxygen atoms in total. The highest BCUT2D eigenvalue weighted by atomic mass is 16.7. The third kappa shape index (κ3) is 2.45. The Bertz CT molecular complexity index is 1250. The van der Waals surface area contributed by atoms with Crippen molar-refractivity contribution in [2.75, 3.05) is 12.1 Å². The molecule has 7 rings (SSSR count). The van der Waals surface area contributed by atoms with Crippen molar-refractivity contribution in [3.63, 3.8) is 0 Å². The Kier molecular flexibility index (Phi) is 3.92. The first-order valence-electron chi connectivity index (χ1n) is 11.4. The van der Waals surface area contributed by atoms with Crippen molar-refractivity contribution in [2.45, 2.75) is 37.1 Å². The summed E-state index contributed by atoms with van der Waals surface area (Å²) in [4.78, 5) is 42.2. The van der Waals surface area contributed by atoms with Crippen LogP contribution in [0, 0.1) is 17.8 Å². The molecule has 5 aliphatic heterocycles. The number of rotatable bonds is 3. The van der Waals surface area contributed by atoms with Crippen LogP contribution >= 0.6 is 0 Å². The third-order valence-electron chi connectivity index (χ3n) is 7.89. The predicted octanol–water partition coefficient (Wildman–Crippen LogP) is 2.45. The van der Waals surface area contributed by atoms with Gasteiger partial charge in [-0.15, -0.1) is 0 Å². The van der Waals surface area contributed by atoms with E-state index >= 15 is 0 Å². The molecule has 1 aromatic carbocycles. The zero-order valence-electron chi connectivity index (χ0n) is 18.3. The number of carbonyl (C=O) groups is 3. The second-order valence-electron chi connectivity index (χ2n) is 9.54. The molecule has 1 spiro atoms. The molecule has 7 atom stereocenters. The molecule has 2 bridgehead atoms. The van der Waals surface area contributed by atoms with E-state index in [0.717, 1.165) is 0 Å². The Morgan fingerprint density at radius 2 is 2.03 bits per heavy atom. The number of ketones is 1. The van der Waals surface area contributed by atoms with Crippen LogP contribution in [0.1, 0.15) is 25.1 Å². The summed E-state index contributed by atoms with van der Waals surface area (Å²) in [6, 6.07) is 7.69. The number of nitrogens with one attached hydrogen (secondary N) is 1. The van der Waals surface area contributed by atoms with Crippen molar-refractivity contribution in [3.05, 3.63) is 54.5 Å². The minimum absolute atomic E-state index is 0.0548. The molecular weight excluding hydrogens is 440 g/mol. The van der Waals surface area contributed by atoms with Crippen LogP contribution in [0.5, 0.6) is 11.5 Å². The highest BCUT2D eigenvalue weighted by molar-refractivity contribution is 6.01. The number of nitrogens with zero attached hydrogens (tertiary/aromatic N) is 1. The number of piperidine rings is 1. The van der Waals surface area contributed by atoms with Crippen molar-refractivity contribution in [2.24, 2.45) is 17.8 Å². The summed E-state index contributed by atoms with van der Waals surface area (Å²) in [5.41, 5.74) is -0.464. The van der Waals surface area contributed by atoms with Crippen molar-refractivity contribution in [1.29, 1.82) is 0 Å². The first-order valence-corrected chi connectivity index (χ1v) is 11.4. The van der Waals surface area contributed by atoms with Crippen molar-refractivity contribution < 1.29 is 33.0 Å². The number of hydrogen-bond donors (Lipinski definition) is 1. The first-order chi connectivity index (χ1) is 16.5. The minimum atomic E-state index is -1.01. The van der Waals surface area contributed by atoms with E-state index in [1.165, 1.54) is 6.26 Å². The lowest BCUT2D eigenvalue weighted by atomic mass is 9.70. The molecular formula is C25H22N2O7. The monoisotopic (exact) mass is 462 g/mol. The molecule has 0 aliphatic carbocycles. The molecule has 34 heavy (non-hydrogen) atoms. The van der Waals surface area contributed by atoms with Gasteiger partial charge in [-0.05, 0) is 24.3 Å². The maximum absolute atomic E-state index is 13.9. The number of anilines is 1. The van der Waals surface area contributed by atoms with E-state index in [2.05, 4.69) is 5.32 Å². The van der Waals surface area contributed by atoms with Gasteiger partial charge in [0, 0.05) is 24.1 Å². The normalized spacial score (nSPS) is 36.7. The Labute approximate surface area is 194 Å². The average molecular weight is 462 g/mol. The number of furan rings is 1. The maximum atomic E-state index is 13.9. The van der Waals surface area contributed by atoms with Crippen LogP contribution in [0.15, 0.2) is 53.2 Å². The quantitative estimate of drug-likeness (QED) is 0.698. The molecule has 6 heterocycles. The van der Waals surface area contributed by atoms with Crippen LogP contribution < -0.4 is 14.8 Å². The number of fused-ring (bicyclic) bond motifs is 3. The lowest BCUT2D eigenvalue weighted by Crippen LogP contribution is -2.55. The van der Waals surface area contributed by atoms with Gasteiger partial charge in [0.15, 0.2) is 11.5 Å². The van der Waals surface area contributed by atoms with E-state index in [-0.39, 0.29) is 30.8 Å². The molecule has 3 fully saturated rings. The number of hydrogen-bond acceptors (Lipinski definition) is 7. The second kappa shape index (κ2) is 6.73. The third-order valence-corrected chi connectivity index (χ3v) is 7.89. The topological polar surface area (TPSA) is 107 Å². The van der Waals surface area contributed by atoms with E-state index in [1.54, 1.807) is 35.2 Å². The fourth-order valence-electron chi connectivity index (χ4n) is 6.46. The standard InChI is InChI=1S/C25H22N2O7/c1-12-15(28)10-14(16-3-2-8-31-16)27-22(12)25-7-6-18(34-25)20(21(25)24(27)30)23(29)26-13-4-5-17-19(9-13)33-11-32-17/h2-9,12,14,18,20-22H,10-11H2,1H3,(H,26,29)/t12-,14+,18+,20-,21-,22+,25-/m0/s1. The molecule has 2 amide bonds. The van der Waals surface area contributed by atoms with Gasteiger partial charge in [-0.1, -0.05) is 19.1 Å². The van der Waals surface area contributed by atoms with E-state index < -0.39 is 41.5 Å². The summed E-state index contributed by atoms with van der Waals surface area (Å²) in [7, 11) is 0. The fourth-order valence-corrected chi connectivity index (χ4v) is 6.46. The predicted molar refractivity (Wildman–Crippen MR) is 116 cm³/mol. The Balaban J connectivity index is 1.24. The van der Waals surface area contributed by atoms with Gasteiger partial charge in [0.2, 0.25) is 18.6 Å². The average Bonchev–Trinajstić information content (AvgIpc) is 3.64. The highest BCUT2D eigenvalue weighted by Crippen LogP contribution is 2.60. The van der Waals surface area contributed by atoms with Gasteiger partial charge in [-0.25, -0.2) is 0 Å². The van der Waals surface area contributed by atoms with E-state index in [0.29, 0.717) is 22.9 Å². The fraction of sp³-hybridized carbons (Fsp3) is 0.400. The van der Waals surface area contributed by atoms with Crippen LogP contribution in [0.3, 0.4) is 0 Å². The molecule has 0 radical (unpaired) electrons. The molecule has 1 aromatic heterocycles. The van der Waals surface area contributed by atoms with Crippen molar-refractivity contribution in [1.82, 2.24) is 4.90 Å². The van der Waals surface area contributed by atoms with Crippen molar-refractivity contribution >= 4 is 23.3 Å². The van der Waals surface area contributed by atoms with Gasteiger partial charge in [0.05, 0.1) is 36.3 Å². The highest BCUT2D eigenvalue weighted by Gasteiger charge is 2.74.